The summed E-state index contributed by atoms with van der Waals surface area (Å²) in [6, 6.07) is 26.8. The Morgan fingerprint density at radius 2 is 1.59 bits per heavy atom. The SMILES string of the molecule is CC(C)(C)c1cc(-c2nccc3sc(-c4ccc5ccsc5c4)cc23)cc2ccccc12. The molecule has 0 spiro atoms. The largest absolute Gasteiger partial charge is 0.256 e. The van der Waals surface area contributed by atoms with E-state index in [1.165, 1.54) is 52.5 Å². The molecule has 0 aliphatic carbocycles. The molecule has 156 valence electrons. The Morgan fingerprint density at radius 3 is 2.47 bits per heavy atom. The van der Waals surface area contributed by atoms with Crippen LogP contribution in [0.5, 0.6) is 0 Å². The molecule has 0 aliphatic rings. The fourth-order valence-electron chi connectivity index (χ4n) is 4.51. The lowest BCUT2D eigenvalue weighted by Gasteiger charge is -2.22. The maximum absolute atomic E-state index is 4.86. The molecule has 0 N–H and O–H groups in total. The average molecular weight is 450 g/mol. The van der Waals surface area contributed by atoms with Gasteiger partial charge < -0.3 is 0 Å². The Labute approximate surface area is 196 Å². The van der Waals surface area contributed by atoms with Crippen LogP contribution in [0.2, 0.25) is 0 Å². The third-order valence-electron chi connectivity index (χ3n) is 6.13. The summed E-state index contributed by atoms with van der Waals surface area (Å²) in [5.41, 5.74) is 4.96. The minimum absolute atomic E-state index is 0.0550. The molecule has 32 heavy (non-hydrogen) atoms. The Kier molecular flexibility index (Phi) is 4.46. The summed E-state index contributed by atoms with van der Waals surface area (Å²) in [4.78, 5) is 6.16. The molecule has 0 saturated carbocycles. The maximum atomic E-state index is 4.86. The van der Waals surface area contributed by atoms with Crippen LogP contribution in [0.25, 0.3) is 52.6 Å². The van der Waals surface area contributed by atoms with Gasteiger partial charge in [-0.3, -0.25) is 4.98 Å². The number of rotatable bonds is 2. The molecule has 3 aromatic heterocycles. The van der Waals surface area contributed by atoms with Crippen molar-refractivity contribution < 1.29 is 0 Å². The lowest BCUT2D eigenvalue weighted by Crippen LogP contribution is -2.12. The van der Waals surface area contributed by atoms with Gasteiger partial charge in [0.1, 0.15) is 0 Å². The van der Waals surface area contributed by atoms with Crippen LogP contribution in [0.15, 0.2) is 84.4 Å². The Balaban J connectivity index is 1.56. The quantitative estimate of drug-likeness (QED) is 0.257. The standard InChI is InChI=1S/C29H23NS2/c1-29(2,3)24-15-21(14-19-6-4-5-7-22(19)24)28-23-17-27(32-25(23)10-12-30-28)20-9-8-18-11-13-31-26(18)16-20/h4-17H,1-3H3. The zero-order valence-electron chi connectivity index (χ0n) is 18.3. The number of hydrogen-bond acceptors (Lipinski definition) is 3. The van der Waals surface area contributed by atoms with Crippen molar-refractivity contribution in [1.82, 2.24) is 4.98 Å². The van der Waals surface area contributed by atoms with Crippen molar-refractivity contribution in [3.63, 3.8) is 0 Å². The number of nitrogens with zero attached hydrogens (tertiary/aromatic N) is 1. The fourth-order valence-corrected chi connectivity index (χ4v) is 6.39. The van der Waals surface area contributed by atoms with Gasteiger partial charge in [-0.25, -0.2) is 0 Å². The fraction of sp³-hybridized carbons (Fsp3) is 0.138. The third-order valence-corrected chi connectivity index (χ3v) is 8.16. The smallest absolute Gasteiger partial charge is 0.0789 e. The Hall–Kier alpha value is -3.01. The van der Waals surface area contributed by atoms with Crippen LogP contribution in [-0.2, 0) is 5.41 Å². The normalized spacial score (nSPS) is 12.2. The van der Waals surface area contributed by atoms with Crippen molar-refractivity contribution in [1.29, 1.82) is 0 Å². The van der Waals surface area contributed by atoms with Gasteiger partial charge in [-0.2, -0.15) is 0 Å². The highest BCUT2D eigenvalue weighted by atomic mass is 32.1. The van der Waals surface area contributed by atoms with E-state index in [-0.39, 0.29) is 5.41 Å². The number of benzene rings is 3. The van der Waals surface area contributed by atoms with Crippen LogP contribution in [0.4, 0.5) is 0 Å². The predicted octanol–water partition coefficient (Wildman–Crippen LogP) is 9.30. The van der Waals surface area contributed by atoms with Gasteiger partial charge in [-0.05, 0) is 74.5 Å². The van der Waals surface area contributed by atoms with Crippen LogP contribution in [0.1, 0.15) is 26.3 Å². The predicted molar refractivity (Wildman–Crippen MR) is 142 cm³/mol. The van der Waals surface area contributed by atoms with E-state index in [9.17, 15) is 0 Å². The van der Waals surface area contributed by atoms with E-state index in [0.29, 0.717) is 0 Å². The van der Waals surface area contributed by atoms with Gasteiger partial charge in [0.25, 0.3) is 0 Å². The monoisotopic (exact) mass is 449 g/mol. The molecule has 0 fully saturated rings. The van der Waals surface area contributed by atoms with Crippen LogP contribution >= 0.6 is 22.7 Å². The van der Waals surface area contributed by atoms with Crippen molar-refractivity contribution in [3.05, 3.63) is 89.9 Å². The molecule has 1 nitrogen and oxygen atoms in total. The second-order valence-electron chi connectivity index (χ2n) is 9.35. The molecule has 3 heterocycles. The Morgan fingerprint density at radius 1 is 0.719 bits per heavy atom. The second kappa shape index (κ2) is 7.26. The summed E-state index contributed by atoms with van der Waals surface area (Å²) in [6.07, 6.45) is 1.95. The van der Waals surface area contributed by atoms with Crippen molar-refractivity contribution >= 4 is 53.6 Å². The number of pyridine rings is 1. The highest BCUT2D eigenvalue weighted by molar-refractivity contribution is 7.22. The van der Waals surface area contributed by atoms with Gasteiger partial charge in [0, 0.05) is 31.4 Å². The van der Waals surface area contributed by atoms with E-state index in [0.717, 1.165) is 5.69 Å². The van der Waals surface area contributed by atoms with Crippen molar-refractivity contribution in [3.8, 4) is 21.7 Å². The first-order valence-corrected chi connectivity index (χ1v) is 12.6. The molecule has 0 atom stereocenters. The molecule has 6 rings (SSSR count). The summed E-state index contributed by atoms with van der Waals surface area (Å²) in [5.74, 6) is 0. The number of aromatic nitrogens is 1. The van der Waals surface area contributed by atoms with Crippen LogP contribution in [0, 0.1) is 0 Å². The summed E-state index contributed by atoms with van der Waals surface area (Å²) in [6.45, 7) is 6.86. The molecule has 0 aliphatic heterocycles. The van der Waals surface area contributed by atoms with Crippen LogP contribution in [-0.4, -0.2) is 4.98 Å². The lowest BCUT2D eigenvalue weighted by atomic mass is 9.82. The molecule has 3 heteroatoms. The topological polar surface area (TPSA) is 12.9 Å². The summed E-state index contributed by atoms with van der Waals surface area (Å²) in [7, 11) is 0. The molecule has 6 aromatic rings. The van der Waals surface area contributed by atoms with E-state index in [1.807, 2.05) is 17.5 Å². The number of hydrogen-bond donors (Lipinski definition) is 0. The van der Waals surface area contributed by atoms with Crippen molar-refractivity contribution in [2.24, 2.45) is 0 Å². The minimum atomic E-state index is 0.0550. The molecule has 3 aromatic carbocycles. The molecule has 0 saturated heterocycles. The number of fused-ring (bicyclic) bond motifs is 3. The van der Waals surface area contributed by atoms with E-state index >= 15 is 0 Å². The molecular formula is C29H23NS2. The van der Waals surface area contributed by atoms with Gasteiger partial charge >= 0.3 is 0 Å². The molecule has 0 bridgehead atoms. The molecule has 0 amide bonds. The zero-order valence-corrected chi connectivity index (χ0v) is 20.0. The number of thiophene rings is 2. The molecule has 0 radical (unpaired) electrons. The third kappa shape index (κ3) is 3.24. The highest BCUT2D eigenvalue weighted by Crippen LogP contribution is 2.41. The van der Waals surface area contributed by atoms with E-state index in [2.05, 4.69) is 98.9 Å². The summed E-state index contributed by atoms with van der Waals surface area (Å²) >= 11 is 3.65. The van der Waals surface area contributed by atoms with E-state index in [1.54, 1.807) is 11.3 Å². The summed E-state index contributed by atoms with van der Waals surface area (Å²) in [5, 5.41) is 7.30. The minimum Gasteiger partial charge on any atom is -0.256 e. The van der Waals surface area contributed by atoms with Crippen molar-refractivity contribution in [2.75, 3.05) is 0 Å². The first-order valence-electron chi connectivity index (χ1n) is 10.9. The lowest BCUT2D eigenvalue weighted by molar-refractivity contribution is 0.596. The van der Waals surface area contributed by atoms with Gasteiger partial charge in [0.05, 0.1) is 5.69 Å². The van der Waals surface area contributed by atoms with Gasteiger partial charge in [0.15, 0.2) is 0 Å². The van der Waals surface area contributed by atoms with E-state index in [4.69, 9.17) is 4.98 Å². The van der Waals surface area contributed by atoms with Gasteiger partial charge in [-0.15, -0.1) is 22.7 Å². The summed E-state index contributed by atoms with van der Waals surface area (Å²) < 4.78 is 2.62. The Bertz CT molecular complexity index is 1610. The first kappa shape index (κ1) is 19.7. The van der Waals surface area contributed by atoms with Crippen LogP contribution in [0.3, 0.4) is 0 Å². The van der Waals surface area contributed by atoms with E-state index < -0.39 is 0 Å². The second-order valence-corrected chi connectivity index (χ2v) is 11.4. The molecular weight excluding hydrogens is 426 g/mol. The van der Waals surface area contributed by atoms with Crippen molar-refractivity contribution in [2.45, 2.75) is 26.2 Å². The van der Waals surface area contributed by atoms with Gasteiger partial charge in [-0.1, -0.05) is 57.2 Å². The average Bonchev–Trinajstić information content (AvgIpc) is 3.43. The van der Waals surface area contributed by atoms with Crippen LogP contribution < -0.4 is 0 Å². The zero-order chi connectivity index (χ0) is 21.9. The first-order chi connectivity index (χ1) is 15.5. The highest BCUT2D eigenvalue weighted by Gasteiger charge is 2.19. The maximum Gasteiger partial charge on any atom is 0.0789 e. The molecule has 0 unspecified atom stereocenters. The van der Waals surface area contributed by atoms with Gasteiger partial charge in [0.2, 0.25) is 0 Å².